The number of hydrogen-bond acceptors (Lipinski definition) is 5. The predicted molar refractivity (Wildman–Crippen MR) is 132 cm³/mol. The highest BCUT2D eigenvalue weighted by Gasteiger charge is 2.22. The predicted octanol–water partition coefficient (Wildman–Crippen LogP) is 4.98. The molecule has 1 aromatic carbocycles. The molecule has 0 aliphatic heterocycles. The highest BCUT2D eigenvalue weighted by atomic mass is 16.5. The zero-order valence-electron chi connectivity index (χ0n) is 19.6. The number of carbonyl (C=O) groups is 1. The van der Waals surface area contributed by atoms with Crippen LogP contribution in [-0.4, -0.2) is 31.7 Å². The molecule has 7 heteroatoms. The molecule has 7 nitrogen and oxygen atoms in total. The van der Waals surface area contributed by atoms with E-state index in [1.54, 1.807) is 17.8 Å². The van der Waals surface area contributed by atoms with Gasteiger partial charge in [-0.2, -0.15) is 10.1 Å². The van der Waals surface area contributed by atoms with Crippen LogP contribution in [0, 0.1) is 6.92 Å². The molecule has 0 spiro atoms. The molecule has 1 fully saturated rings. The second kappa shape index (κ2) is 9.63. The fourth-order valence-corrected chi connectivity index (χ4v) is 4.64. The molecule has 0 radical (unpaired) electrons. The van der Waals surface area contributed by atoms with Crippen molar-refractivity contribution < 1.29 is 9.53 Å². The number of benzene rings is 1. The molecule has 1 saturated carbocycles. The third-order valence-corrected chi connectivity index (χ3v) is 6.40. The van der Waals surface area contributed by atoms with Crippen LogP contribution in [0.4, 0.5) is 0 Å². The Labute approximate surface area is 199 Å². The zero-order valence-corrected chi connectivity index (χ0v) is 19.6. The Morgan fingerprint density at radius 3 is 2.76 bits per heavy atom. The van der Waals surface area contributed by atoms with Gasteiger partial charge in [-0.15, -0.1) is 0 Å². The van der Waals surface area contributed by atoms with Crippen molar-refractivity contribution in [2.45, 2.75) is 51.7 Å². The number of pyridine rings is 2. The molecule has 0 atom stereocenters. The number of aromatic nitrogens is 4. The summed E-state index contributed by atoms with van der Waals surface area (Å²) in [7, 11) is 1.80. The maximum atomic E-state index is 12.9. The van der Waals surface area contributed by atoms with Crippen molar-refractivity contribution in [3.8, 4) is 17.0 Å². The van der Waals surface area contributed by atoms with Gasteiger partial charge in [0.15, 0.2) is 11.3 Å². The first kappa shape index (κ1) is 22.1. The van der Waals surface area contributed by atoms with Crippen LogP contribution in [0.15, 0.2) is 54.9 Å². The molecule has 34 heavy (non-hydrogen) atoms. The lowest BCUT2D eigenvalue weighted by Crippen LogP contribution is -2.36. The van der Waals surface area contributed by atoms with Crippen LogP contribution in [-0.2, 0) is 13.7 Å². The second-order valence-corrected chi connectivity index (χ2v) is 9.00. The van der Waals surface area contributed by atoms with E-state index in [0.717, 1.165) is 40.5 Å². The Bertz CT molecular complexity index is 1320. The molecule has 4 aromatic rings. The number of hydrogen-bond donors (Lipinski definition) is 1. The first-order valence-corrected chi connectivity index (χ1v) is 11.9. The Kier molecular flexibility index (Phi) is 6.25. The van der Waals surface area contributed by atoms with Crippen LogP contribution >= 0.6 is 0 Å². The van der Waals surface area contributed by atoms with E-state index in [1.807, 2.05) is 43.6 Å². The number of nitrogens with zero attached hydrogens (tertiary/aromatic N) is 4. The summed E-state index contributed by atoms with van der Waals surface area (Å²) in [6, 6.07) is 14.2. The molecule has 0 bridgehead atoms. The number of carbonyl (C=O) groups excluding carboxylic acids is 1. The van der Waals surface area contributed by atoms with Crippen molar-refractivity contribution in [2.75, 3.05) is 0 Å². The average Bonchev–Trinajstić information content (AvgIpc) is 3.19. The average molecular weight is 456 g/mol. The van der Waals surface area contributed by atoms with E-state index < -0.39 is 0 Å². The largest absolute Gasteiger partial charge is 0.473 e. The van der Waals surface area contributed by atoms with E-state index in [9.17, 15) is 4.79 Å². The number of fused-ring (bicyclic) bond motifs is 1. The van der Waals surface area contributed by atoms with Gasteiger partial charge in [0.25, 0.3) is 5.91 Å². The molecule has 1 aliphatic rings. The van der Waals surface area contributed by atoms with Crippen molar-refractivity contribution in [1.29, 1.82) is 0 Å². The number of aryl methyl sites for hydroxylation is 2. The fourth-order valence-electron chi connectivity index (χ4n) is 4.64. The van der Waals surface area contributed by atoms with Gasteiger partial charge in [-0.05, 0) is 48.6 Å². The lowest BCUT2D eigenvalue weighted by Gasteiger charge is -2.22. The summed E-state index contributed by atoms with van der Waals surface area (Å²) in [5, 5.41) is 8.34. The van der Waals surface area contributed by atoms with Gasteiger partial charge in [0.05, 0.1) is 5.39 Å². The number of ether oxygens (including phenoxy) is 1. The fraction of sp³-hybridized carbons (Fsp3) is 0.333. The molecule has 5 rings (SSSR count). The molecule has 1 amide bonds. The molecule has 1 N–H and O–H groups in total. The SMILES string of the molecule is Cc1cncc(-c2ccccc2COc2ccc3c(C(=O)NC4CCCCC4)nn(C)c3n2)c1. The summed E-state index contributed by atoms with van der Waals surface area (Å²) in [6.07, 6.45) is 9.36. The maximum Gasteiger partial charge on any atom is 0.272 e. The molecule has 174 valence electrons. The number of rotatable bonds is 6. The van der Waals surface area contributed by atoms with E-state index in [1.165, 1.54) is 19.3 Å². The van der Waals surface area contributed by atoms with Crippen LogP contribution in [0.1, 0.15) is 53.7 Å². The van der Waals surface area contributed by atoms with E-state index in [2.05, 4.69) is 32.5 Å². The molecule has 3 heterocycles. The smallest absolute Gasteiger partial charge is 0.272 e. The summed E-state index contributed by atoms with van der Waals surface area (Å²) in [5.41, 5.74) is 5.35. The molecule has 1 aliphatic carbocycles. The number of amides is 1. The van der Waals surface area contributed by atoms with Crippen molar-refractivity contribution in [2.24, 2.45) is 7.05 Å². The highest BCUT2D eigenvalue weighted by molar-refractivity contribution is 6.04. The minimum atomic E-state index is -0.131. The zero-order chi connectivity index (χ0) is 23.5. The number of nitrogens with one attached hydrogen (secondary N) is 1. The van der Waals surface area contributed by atoms with Crippen LogP contribution in [0.5, 0.6) is 5.88 Å². The van der Waals surface area contributed by atoms with Gasteiger partial charge in [-0.3, -0.25) is 9.78 Å². The monoisotopic (exact) mass is 455 g/mol. The van der Waals surface area contributed by atoms with Crippen molar-refractivity contribution in [3.05, 3.63) is 71.7 Å². The Morgan fingerprint density at radius 2 is 1.94 bits per heavy atom. The summed E-state index contributed by atoms with van der Waals surface area (Å²) < 4.78 is 7.71. The molecule has 0 unspecified atom stereocenters. The van der Waals surface area contributed by atoms with Gasteiger partial charge < -0.3 is 10.1 Å². The third kappa shape index (κ3) is 4.64. The van der Waals surface area contributed by atoms with Crippen LogP contribution in [0.25, 0.3) is 22.2 Å². The van der Waals surface area contributed by atoms with E-state index in [0.29, 0.717) is 23.8 Å². The van der Waals surface area contributed by atoms with Crippen molar-refractivity contribution in [3.63, 3.8) is 0 Å². The summed E-state index contributed by atoms with van der Waals surface area (Å²) >= 11 is 0. The lowest BCUT2D eigenvalue weighted by molar-refractivity contribution is 0.0923. The minimum absolute atomic E-state index is 0.131. The maximum absolute atomic E-state index is 12.9. The van der Waals surface area contributed by atoms with Gasteiger partial charge in [0, 0.05) is 37.1 Å². The molecular weight excluding hydrogens is 426 g/mol. The Balaban J connectivity index is 1.34. The topological polar surface area (TPSA) is 81.9 Å². The summed E-state index contributed by atoms with van der Waals surface area (Å²) in [6.45, 7) is 2.40. The van der Waals surface area contributed by atoms with E-state index in [4.69, 9.17) is 4.74 Å². The van der Waals surface area contributed by atoms with Gasteiger partial charge in [-0.25, -0.2) is 4.68 Å². The molecule has 0 saturated heterocycles. The normalized spacial score (nSPS) is 14.3. The van der Waals surface area contributed by atoms with Crippen LogP contribution in [0.2, 0.25) is 0 Å². The first-order valence-electron chi connectivity index (χ1n) is 11.9. The van der Waals surface area contributed by atoms with Crippen molar-refractivity contribution in [1.82, 2.24) is 25.1 Å². The molecule has 3 aromatic heterocycles. The first-order chi connectivity index (χ1) is 16.6. The minimum Gasteiger partial charge on any atom is -0.473 e. The van der Waals surface area contributed by atoms with Gasteiger partial charge in [-0.1, -0.05) is 43.5 Å². The summed E-state index contributed by atoms with van der Waals surface area (Å²) in [4.78, 5) is 21.8. The third-order valence-electron chi connectivity index (χ3n) is 6.40. The van der Waals surface area contributed by atoms with Crippen molar-refractivity contribution >= 4 is 16.9 Å². The van der Waals surface area contributed by atoms with Crippen LogP contribution < -0.4 is 10.1 Å². The van der Waals surface area contributed by atoms with Gasteiger partial charge >= 0.3 is 0 Å². The quantitative estimate of drug-likeness (QED) is 0.443. The van der Waals surface area contributed by atoms with E-state index in [-0.39, 0.29) is 11.9 Å². The standard InChI is InChI=1S/C27H29N5O2/c1-18-14-20(16-28-15-18)22-11-7-6-8-19(22)17-34-24-13-12-23-25(31-32(2)26(23)30-24)27(33)29-21-9-4-3-5-10-21/h6-8,11-16,21H,3-5,9-10,17H2,1-2H3,(H,29,33). The van der Waals surface area contributed by atoms with Crippen LogP contribution in [0.3, 0.4) is 0 Å². The Morgan fingerprint density at radius 1 is 1.12 bits per heavy atom. The lowest BCUT2D eigenvalue weighted by atomic mass is 9.95. The van der Waals surface area contributed by atoms with Gasteiger partial charge in [0.1, 0.15) is 6.61 Å². The highest BCUT2D eigenvalue weighted by Crippen LogP contribution is 2.26. The van der Waals surface area contributed by atoms with Gasteiger partial charge in [0.2, 0.25) is 5.88 Å². The molecular formula is C27H29N5O2. The second-order valence-electron chi connectivity index (χ2n) is 9.00. The summed E-state index contributed by atoms with van der Waals surface area (Å²) in [5.74, 6) is 0.362. The van der Waals surface area contributed by atoms with E-state index >= 15 is 0 Å². The Hall–Kier alpha value is -3.74.